The van der Waals surface area contributed by atoms with Crippen molar-refractivity contribution in [2.75, 3.05) is 53.1 Å². The van der Waals surface area contributed by atoms with Crippen LogP contribution in [0.1, 0.15) is 51.3 Å². The highest BCUT2D eigenvalue weighted by atomic mass is 16.5. The average Bonchev–Trinajstić information content (AvgIpc) is 3.21. The van der Waals surface area contributed by atoms with Gasteiger partial charge in [0.15, 0.2) is 11.5 Å². The first-order valence-corrected chi connectivity index (χ1v) is 14.4. The standard InChI is InChI=1S/C32H42N2O7/c1-21(2)12-17-40-26-11-8-24(20-27(26)38-5)29-28(30(35)23-6-9-25(10-7-23)41-22(3)4)31(36)32(37)34(29)14-13-33-15-18-39-19-16-33/h6-11,20-22,29,35H,12-19H2,1-5H3. The van der Waals surface area contributed by atoms with E-state index in [-0.39, 0.29) is 17.4 Å². The number of amides is 1. The second-order valence-corrected chi connectivity index (χ2v) is 11.1. The SMILES string of the molecule is COc1cc(C2C(=C(O)c3ccc(OC(C)C)cc3)C(=O)C(=O)N2CCN2CCOCC2)ccc1OCCC(C)C. The lowest BCUT2D eigenvalue weighted by Gasteiger charge is -2.31. The van der Waals surface area contributed by atoms with Gasteiger partial charge in [-0.2, -0.15) is 0 Å². The van der Waals surface area contributed by atoms with E-state index in [1.165, 1.54) is 0 Å². The number of benzene rings is 2. The van der Waals surface area contributed by atoms with Gasteiger partial charge in [0.25, 0.3) is 11.7 Å². The predicted octanol–water partition coefficient (Wildman–Crippen LogP) is 4.66. The van der Waals surface area contributed by atoms with Gasteiger partial charge in [-0.05, 0) is 68.1 Å². The maximum atomic E-state index is 13.5. The van der Waals surface area contributed by atoms with Crippen LogP contribution in [0.3, 0.4) is 0 Å². The number of rotatable bonds is 12. The molecule has 2 aromatic carbocycles. The van der Waals surface area contributed by atoms with Crippen molar-refractivity contribution < 1.29 is 33.6 Å². The summed E-state index contributed by atoms with van der Waals surface area (Å²) >= 11 is 0. The van der Waals surface area contributed by atoms with Gasteiger partial charge in [0.1, 0.15) is 11.5 Å². The van der Waals surface area contributed by atoms with Gasteiger partial charge in [-0.3, -0.25) is 14.5 Å². The molecule has 0 aromatic heterocycles. The Morgan fingerprint density at radius 1 is 1.00 bits per heavy atom. The molecule has 9 heteroatoms. The number of ether oxygens (including phenoxy) is 4. The molecule has 0 bridgehead atoms. The zero-order valence-electron chi connectivity index (χ0n) is 24.7. The van der Waals surface area contributed by atoms with E-state index in [4.69, 9.17) is 18.9 Å². The van der Waals surface area contributed by atoms with Crippen LogP contribution in [0.25, 0.3) is 5.76 Å². The molecule has 0 saturated carbocycles. The lowest BCUT2D eigenvalue weighted by molar-refractivity contribution is -0.140. The van der Waals surface area contributed by atoms with Crippen molar-refractivity contribution in [3.63, 3.8) is 0 Å². The van der Waals surface area contributed by atoms with E-state index in [1.54, 1.807) is 48.4 Å². The quantitative estimate of drug-likeness (QED) is 0.225. The van der Waals surface area contributed by atoms with Crippen LogP contribution in [0.5, 0.6) is 17.2 Å². The van der Waals surface area contributed by atoms with Gasteiger partial charge in [0, 0.05) is 31.7 Å². The van der Waals surface area contributed by atoms with Crippen molar-refractivity contribution in [1.29, 1.82) is 0 Å². The fourth-order valence-electron chi connectivity index (χ4n) is 5.03. The Balaban J connectivity index is 1.71. The van der Waals surface area contributed by atoms with Crippen LogP contribution < -0.4 is 14.2 Å². The van der Waals surface area contributed by atoms with Gasteiger partial charge < -0.3 is 29.0 Å². The molecule has 0 spiro atoms. The maximum absolute atomic E-state index is 13.5. The van der Waals surface area contributed by atoms with Gasteiger partial charge in [-0.15, -0.1) is 0 Å². The van der Waals surface area contributed by atoms with Crippen LogP contribution in [0.4, 0.5) is 0 Å². The first kappa shape index (κ1) is 30.4. The van der Waals surface area contributed by atoms with Gasteiger partial charge in [-0.25, -0.2) is 0 Å². The molecule has 2 heterocycles. The molecule has 0 aliphatic carbocycles. The van der Waals surface area contributed by atoms with E-state index in [0.717, 1.165) is 19.5 Å². The largest absolute Gasteiger partial charge is 0.507 e. The fourth-order valence-corrected chi connectivity index (χ4v) is 5.03. The number of ketones is 1. The zero-order chi connectivity index (χ0) is 29.5. The summed E-state index contributed by atoms with van der Waals surface area (Å²) in [5, 5.41) is 11.5. The topological polar surface area (TPSA) is 97.8 Å². The van der Waals surface area contributed by atoms with E-state index in [9.17, 15) is 14.7 Å². The van der Waals surface area contributed by atoms with Gasteiger partial charge in [0.2, 0.25) is 0 Å². The molecule has 1 unspecified atom stereocenters. The number of aliphatic hydroxyl groups is 1. The van der Waals surface area contributed by atoms with Gasteiger partial charge in [-0.1, -0.05) is 19.9 Å². The minimum absolute atomic E-state index is 0.00135. The van der Waals surface area contributed by atoms with E-state index in [2.05, 4.69) is 18.7 Å². The van der Waals surface area contributed by atoms with E-state index < -0.39 is 17.7 Å². The number of Topliss-reactive ketones (excluding diaryl/α,β-unsaturated/α-hetero) is 1. The molecule has 2 fully saturated rings. The Hall–Kier alpha value is -3.56. The number of nitrogens with zero attached hydrogens (tertiary/aromatic N) is 2. The second-order valence-electron chi connectivity index (χ2n) is 11.1. The highest BCUT2D eigenvalue weighted by Crippen LogP contribution is 2.42. The lowest BCUT2D eigenvalue weighted by atomic mass is 9.95. The molecule has 4 rings (SSSR count). The van der Waals surface area contributed by atoms with Crippen molar-refractivity contribution >= 4 is 17.4 Å². The summed E-state index contributed by atoms with van der Waals surface area (Å²) < 4.78 is 22.8. The van der Waals surface area contributed by atoms with E-state index in [1.807, 2.05) is 19.9 Å². The van der Waals surface area contributed by atoms with Crippen molar-refractivity contribution in [3.05, 3.63) is 59.2 Å². The van der Waals surface area contributed by atoms with Gasteiger partial charge >= 0.3 is 0 Å². The average molecular weight is 567 g/mol. The van der Waals surface area contributed by atoms with Crippen molar-refractivity contribution in [1.82, 2.24) is 9.80 Å². The number of carbonyl (C=O) groups is 2. The number of morpholine rings is 1. The maximum Gasteiger partial charge on any atom is 0.295 e. The molecular weight excluding hydrogens is 524 g/mol. The molecule has 222 valence electrons. The normalized spacial score (nSPS) is 19.3. The molecule has 0 radical (unpaired) electrons. The molecule has 2 aliphatic rings. The van der Waals surface area contributed by atoms with Crippen LogP contribution in [-0.2, 0) is 14.3 Å². The Kier molecular flexibility index (Phi) is 10.3. The fraction of sp³-hybridized carbons (Fsp3) is 0.500. The Morgan fingerprint density at radius 3 is 2.34 bits per heavy atom. The molecule has 2 aliphatic heterocycles. The molecule has 2 aromatic rings. The van der Waals surface area contributed by atoms with Crippen LogP contribution >= 0.6 is 0 Å². The van der Waals surface area contributed by atoms with Crippen LogP contribution in [0, 0.1) is 5.92 Å². The van der Waals surface area contributed by atoms with Crippen LogP contribution in [0.15, 0.2) is 48.0 Å². The second kappa shape index (κ2) is 13.9. The monoisotopic (exact) mass is 566 g/mol. The number of likely N-dealkylation sites (tertiary alicyclic amines) is 1. The third-order valence-corrected chi connectivity index (χ3v) is 7.26. The first-order chi connectivity index (χ1) is 19.7. The molecular formula is C32H42N2O7. The minimum atomic E-state index is -0.791. The van der Waals surface area contributed by atoms with E-state index in [0.29, 0.717) is 67.2 Å². The van der Waals surface area contributed by atoms with Crippen molar-refractivity contribution in [2.45, 2.75) is 46.3 Å². The third kappa shape index (κ3) is 7.40. The molecule has 2 saturated heterocycles. The highest BCUT2D eigenvalue weighted by molar-refractivity contribution is 6.46. The first-order valence-electron chi connectivity index (χ1n) is 14.4. The molecule has 1 atom stereocenters. The number of aliphatic hydroxyl groups excluding tert-OH is 1. The minimum Gasteiger partial charge on any atom is -0.507 e. The smallest absolute Gasteiger partial charge is 0.295 e. The highest BCUT2D eigenvalue weighted by Gasteiger charge is 2.46. The number of methoxy groups -OCH3 is 1. The van der Waals surface area contributed by atoms with Crippen LogP contribution in [0.2, 0.25) is 0 Å². The summed E-state index contributed by atoms with van der Waals surface area (Å²) in [4.78, 5) is 30.7. The van der Waals surface area contributed by atoms with Gasteiger partial charge in [0.05, 0.1) is 44.6 Å². The van der Waals surface area contributed by atoms with Crippen molar-refractivity contribution in [2.24, 2.45) is 5.92 Å². The third-order valence-electron chi connectivity index (χ3n) is 7.26. The summed E-state index contributed by atoms with van der Waals surface area (Å²) in [6, 6.07) is 11.5. The Bertz CT molecular complexity index is 1230. The zero-order valence-corrected chi connectivity index (χ0v) is 24.7. The molecule has 9 nitrogen and oxygen atoms in total. The van der Waals surface area contributed by atoms with E-state index >= 15 is 0 Å². The number of hydrogen-bond acceptors (Lipinski definition) is 8. The summed E-state index contributed by atoms with van der Waals surface area (Å²) in [6.07, 6.45) is 0.895. The summed E-state index contributed by atoms with van der Waals surface area (Å²) in [7, 11) is 1.56. The summed E-state index contributed by atoms with van der Waals surface area (Å²) in [5.41, 5.74) is 1.13. The molecule has 1 amide bonds. The number of carbonyl (C=O) groups excluding carboxylic acids is 2. The van der Waals surface area contributed by atoms with Crippen LogP contribution in [-0.4, -0.2) is 85.8 Å². The molecule has 41 heavy (non-hydrogen) atoms. The molecule has 1 N–H and O–H groups in total. The lowest BCUT2D eigenvalue weighted by Crippen LogP contribution is -2.42. The summed E-state index contributed by atoms with van der Waals surface area (Å²) in [6.45, 7) is 12.4. The summed E-state index contributed by atoms with van der Waals surface area (Å²) in [5.74, 6) is 0.654. The number of hydrogen-bond donors (Lipinski definition) is 1. The Labute approximate surface area is 242 Å². The Morgan fingerprint density at radius 2 is 1.71 bits per heavy atom. The predicted molar refractivity (Wildman–Crippen MR) is 156 cm³/mol. The van der Waals surface area contributed by atoms with Crippen molar-refractivity contribution in [3.8, 4) is 17.2 Å².